The van der Waals surface area contributed by atoms with E-state index in [-0.39, 0.29) is 17.1 Å². The molecule has 0 aromatic heterocycles. The molecule has 4 heteroatoms. The summed E-state index contributed by atoms with van der Waals surface area (Å²) < 4.78 is 50.4. The number of hydrogen-bond acceptors (Lipinski definition) is 1. The lowest BCUT2D eigenvalue weighted by atomic mass is 9.84. The molecular weight excluding hydrogens is 517 g/mol. The van der Waals surface area contributed by atoms with Gasteiger partial charge in [-0.25, -0.2) is 8.78 Å². The first kappa shape index (κ1) is 30.7. The quantitative estimate of drug-likeness (QED) is 0.133. The number of rotatable bonds is 15. The van der Waals surface area contributed by atoms with Crippen LogP contribution in [0.5, 0.6) is 5.75 Å². The third-order valence-electron chi connectivity index (χ3n) is 8.20. The molecule has 0 radical (unpaired) electrons. The highest BCUT2D eigenvalue weighted by Crippen LogP contribution is 2.35. The third kappa shape index (κ3) is 8.38. The normalized spacial score (nSPS) is 15.0. The van der Waals surface area contributed by atoms with Gasteiger partial charge in [-0.05, 0) is 84.9 Å². The van der Waals surface area contributed by atoms with Crippen LogP contribution in [0.1, 0.15) is 89.5 Å². The summed E-state index contributed by atoms with van der Waals surface area (Å²) in [6.45, 7) is 6.37. The average Bonchev–Trinajstić information content (AvgIpc) is 3.00. The van der Waals surface area contributed by atoms with Crippen LogP contribution in [0.15, 0.2) is 73.3 Å². The predicted molar refractivity (Wildman–Crippen MR) is 165 cm³/mol. The number of ether oxygens (including phenoxy) is 1. The van der Waals surface area contributed by atoms with Crippen molar-refractivity contribution >= 4 is 5.57 Å². The molecule has 0 N–H and O–H groups in total. The maximum absolute atomic E-state index is 15.2. The minimum absolute atomic E-state index is 0.0589. The average molecular weight is 561 g/mol. The molecule has 41 heavy (non-hydrogen) atoms. The Morgan fingerprint density at radius 2 is 1.46 bits per heavy atom. The Morgan fingerprint density at radius 3 is 2.12 bits per heavy atom. The van der Waals surface area contributed by atoms with Gasteiger partial charge in [-0.1, -0.05) is 94.0 Å². The molecule has 0 heterocycles. The second kappa shape index (κ2) is 15.7. The van der Waals surface area contributed by atoms with Crippen LogP contribution in [0.4, 0.5) is 13.2 Å². The second-order valence-electron chi connectivity index (χ2n) is 11.2. The topological polar surface area (TPSA) is 9.23 Å². The molecule has 0 bridgehead atoms. The van der Waals surface area contributed by atoms with Gasteiger partial charge in [-0.15, -0.1) is 6.58 Å². The van der Waals surface area contributed by atoms with Gasteiger partial charge in [0.25, 0.3) is 0 Å². The van der Waals surface area contributed by atoms with Crippen LogP contribution in [0.2, 0.25) is 0 Å². The van der Waals surface area contributed by atoms with Gasteiger partial charge in [-0.3, -0.25) is 0 Å². The first-order chi connectivity index (χ1) is 20.0. The maximum Gasteiger partial charge on any atom is 0.201 e. The van der Waals surface area contributed by atoms with E-state index in [1.165, 1.54) is 37.3 Å². The summed E-state index contributed by atoms with van der Waals surface area (Å²) in [5.41, 5.74) is 3.99. The van der Waals surface area contributed by atoms with Gasteiger partial charge >= 0.3 is 0 Å². The molecular formula is C37H43F3O. The zero-order valence-electron chi connectivity index (χ0n) is 24.4. The van der Waals surface area contributed by atoms with Crippen molar-refractivity contribution in [2.75, 3.05) is 6.61 Å². The van der Waals surface area contributed by atoms with Crippen LogP contribution in [0.3, 0.4) is 0 Å². The lowest BCUT2D eigenvalue weighted by molar-refractivity contribution is 0.285. The highest BCUT2D eigenvalue weighted by molar-refractivity contribution is 5.74. The number of unbranched alkanes of at least 4 members (excludes halogenated alkanes) is 6. The molecule has 1 nitrogen and oxygen atoms in total. The first-order valence-corrected chi connectivity index (χ1v) is 15.3. The van der Waals surface area contributed by atoms with Crippen LogP contribution in [0.25, 0.3) is 27.8 Å². The van der Waals surface area contributed by atoms with E-state index in [0.29, 0.717) is 29.2 Å². The fourth-order valence-corrected chi connectivity index (χ4v) is 5.65. The second-order valence-corrected chi connectivity index (χ2v) is 11.2. The van der Waals surface area contributed by atoms with Crippen LogP contribution in [0, 0.1) is 23.4 Å². The summed E-state index contributed by atoms with van der Waals surface area (Å²) >= 11 is 0. The van der Waals surface area contributed by atoms with Crippen molar-refractivity contribution in [3.63, 3.8) is 0 Å². The predicted octanol–water partition coefficient (Wildman–Crippen LogP) is 11.7. The summed E-state index contributed by atoms with van der Waals surface area (Å²) in [4.78, 5) is 0. The standard InChI is InChI=1S/C37H43F3O/c1-3-5-7-8-9-10-11-25-41-35-24-23-33(36(39)37(35)40)30-19-17-29(18-20-30)32-22-21-31(26-34(32)38)28-15-13-27(14-16-28)12-6-4-2/h4,15,17-24,26-27H,2-3,5-14,16,25H2,1H3. The largest absolute Gasteiger partial charge is 0.490 e. The number of halogens is 3. The van der Waals surface area contributed by atoms with Crippen molar-refractivity contribution in [3.05, 3.63) is 96.3 Å². The minimum atomic E-state index is -0.972. The van der Waals surface area contributed by atoms with Crippen molar-refractivity contribution in [3.8, 4) is 28.0 Å². The Bertz CT molecular complexity index is 1310. The number of hydrogen-bond donors (Lipinski definition) is 0. The summed E-state index contributed by atoms with van der Waals surface area (Å²) in [5, 5.41) is 0. The monoisotopic (exact) mass is 560 g/mol. The molecule has 1 aliphatic carbocycles. The SMILES string of the molecule is C=CCCC1CC=C(c2ccc(-c3ccc(-c4ccc(OCCCCCCCCC)c(F)c4F)cc3)c(F)c2)CC1. The van der Waals surface area contributed by atoms with E-state index in [1.807, 2.05) is 18.2 Å². The summed E-state index contributed by atoms with van der Waals surface area (Å²) in [6.07, 6.45) is 17.4. The van der Waals surface area contributed by atoms with Crippen LogP contribution < -0.4 is 4.74 Å². The zero-order valence-corrected chi connectivity index (χ0v) is 24.4. The van der Waals surface area contributed by atoms with Crippen molar-refractivity contribution in [1.82, 2.24) is 0 Å². The fourth-order valence-electron chi connectivity index (χ4n) is 5.65. The van der Waals surface area contributed by atoms with E-state index >= 15 is 4.39 Å². The van der Waals surface area contributed by atoms with E-state index < -0.39 is 11.6 Å². The molecule has 0 spiro atoms. The first-order valence-electron chi connectivity index (χ1n) is 15.3. The van der Waals surface area contributed by atoms with Gasteiger partial charge in [0.2, 0.25) is 5.82 Å². The molecule has 1 aliphatic rings. The molecule has 0 fully saturated rings. The molecule has 3 aromatic carbocycles. The van der Waals surface area contributed by atoms with Crippen molar-refractivity contribution < 1.29 is 17.9 Å². The van der Waals surface area contributed by atoms with E-state index in [9.17, 15) is 8.78 Å². The molecule has 3 aromatic rings. The van der Waals surface area contributed by atoms with Gasteiger partial charge in [0, 0.05) is 11.1 Å². The Hall–Kier alpha value is -3.27. The highest BCUT2D eigenvalue weighted by Gasteiger charge is 2.18. The molecule has 0 aliphatic heterocycles. The van der Waals surface area contributed by atoms with Gasteiger partial charge in [-0.2, -0.15) is 4.39 Å². The molecule has 0 saturated heterocycles. The Kier molecular flexibility index (Phi) is 11.7. The third-order valence-corrected chi connectivity index (χ3v) is 8.20. The van der Waals surface area contributed by atoms with Crippen LogP contribution >= 0.6 is 0 Å². The molecule has 4 rings (SSSR count). The van der Waals surface area contributed by atoms with Crippen LogP contribution in [-0.2, 0) is 0 Å². The summed E-state index contributed by atoms with van der Waals surface area (Å²) in [5.74, 6) is -1.57. The van der Waals surface area contributed by atoms with Gasteiger partial charge in [0.1, 0.15) is 5.82 Å². The molecule has 0 saturated carbocycles. The van der Waals surface area contributed by atoms with E-state index in [4.69, 9.17) is 4.74 Å². The van der Waals surface area contributed by atoms with Gasteiger partial charge in [0.05, 0.1) is 6.61 Å². The maximum atomic E-state index is 15.2. The Morgan fingerprint density at radius 1 is 0.805 bits per heavy atom. The van der Waals surface area contributed by atoms with Crippen molar-refractivity contribution in [2.45, 2.75) is 84.0 Å². The highest BCUT2D eigenvalue weighted by atomic mass is 19.2. The lowest BCUT2D eigenvalue weighted by Crippen LogP contribution is -2.05. The molecule has 1 unspecified atom stereocenters. The Balaban J connectivity index is 1.36. The van der Waals surface area contributed by atoms with Gasteiger partial charge in [0.15, 0.2) is 11.6 Å². The van der Waals surface area contributed by atoms with Crippen molar-refractivity contribution in [2.24, 2.45) is 5.92 Å². The van der Waals surface area contributed by atoms with E-state index in [0.717, 1.165) is 56.9 Å². The van der Waals surface area contributed by atoms with E-state index in [2.05, 4.69) is 19.6 Å². The molecule has 1 atom stereocenters. The van der Waals surface area contributed by atoms with Gasteiger partial charge < -0.3 is 4.74 Å². The summed E-state index contributed by atoms with van der Waals surface area (Å²) in [6, 6.07) is 15.3. The summed E-state index contributed by atoms with van der Waals surface area (Å²) in [7, 11) is 0. The van der Waals surface area contributed by atoms with Crippen molar-refractivity contribution in [1.29, 1.82) is 0 Å². The molecule has 218 valence electrons. The minimum Gasteiger partial charge on any atom is -0.490 e. The molecule has 0 amide bonds. The zero-order chi connectivity index (χ0) is 29.0. The fraction of sp³-hybridized carbons (Fsp3) is 0.405. The Labute approximate surface area is 244 Å². The smallest absolute Gasteiger partial charge is 0.201 e. The lowest BCUT2D eigenvalue weighted by Gasteiger charge is -2.22. The van der Waals surface area contributed by atoms with Crippen LogP contribution in [-0.4, -0.2) is 6.61 Å². The number of allylic oxidation sites excluding steroid dienone is 3. The number of benzene rings is 3. The van der Waals surface area contributed by atoms with E-state index in [1.54, 1.807) is 36.4 Å².